The lowest BCUT2D eigenvalue weighted by molar-refractivity contribution is -0.137. The first-order chi connectivity index (χ1) is 12.0. The number of imide groups is 1. The average molecular weight is 502 g/mol. The molecule has 0 spiro atoms. The fourth-order valence-electron chi connectivity index (χ4n) is 1.92. The van der Waals surface area contributed by atoms with Crippen molar-refractivity contribution in [3.63, 3.8) is 0 Å². The number of hydrogen-bond donors (Lipinski definition) is 2. The Bertz CT molecular complexity index is 867. The molecular formula is C15H7Br2F5N2O2. The third kappa shape index (κ3) is 4.58. The monoisotopic (exact) mass is 500 g/mol. The number of urea groups is 1. The zero-order valence-corrected chi connectivity index (χ0v) is 15.5. The minimum absolute atomic E-state index is 0.0836. The first kappa shape index (κ1) is 20.3. The van der Waals surface area contributed by atoms with Crippen LogP contribution in [0.25, 0.3) is 0 Å². The molecule has 0 aromatic heterocycles. The maximum atomic E-state index is 13.5. The summed E-state index contributed by atoms with van der Waals surface area (Å²) in [5.74, 6) is -3.89. The van der Waals surface area contributed by atoms with Gasteiger partial charge in [-0.15, -0.1) is 0 Å². The second-order valence-corrected chi connectivity index (χ2v) is 6.52. The van der Waals surface area contributed by atoms with Gasteiger partial charge in [0.25, 0.3) is 5.91 Å². The van der Waals surface area contributed by atoms with Crippen LogP contribution in [-0.4, -0.2) is 11.9 Å². The molecule has 0 aliphatic heterocycles. The fraction of sp³-hybridized carbons (Fsp3) is 0.0667. The third-order valence-corrected chi connectivity index (χ3v) is 4.88. The van der Waals surface area contributed by atoms with E-state index in [1.807, 2.05) is 5.32 Å². The summed E-state index contributed by atoms with van der Waals surface area (Å²) in [7, 11) is 0. The average Bonchev–Trinajstić information content (AvgIpc) is 2.49. The molecule has 11 heteroatoms. The quantitative estimate of drug-likeness (QED) is 0.536. The number of rotatable bonds is 2. The molecular weight excluding hydrogens is 495 g/mol. The molecule has 0 aliphatic carbocycles. The summed E-state index contributed by atoms with van der Waals surface area (Å²) in [5, 5.41) is 3.41. The second kappa shape index (κ2) is 7.70. The highest BCUT2D eigenvalue weighted by Gasteiger charge is 2.35. The number of hydrogen-bond acceptors (Lipinski definition) is 2. The Labute approximate surface area is 160 Å². The summed E-state index contributed by atoms with van der Waals surface area (Å²) in [6, 6.07) is 2.89. The summed E-state index contributed by atoms with van der Waals surface area (Å²) in [6.45, 7) is 0. The van der Waals surface area contributed by atoms with Crippen LogP contribution in [0, 0.1) is 11.6 Å². The van der Waals surface area contributed by atoms with Gasteiger partial charge in [-0.05, 0) is 56.1 Å². The Kier molecular flexibility index (Phi) is 6.02. The Morgan fingerprint density at radius 1 is 0.962 bits per heavy atom. The van der Waals surface area contributed by atoms with Crippen LogP contribution >= 0.6 is 31.9 Å². The van der Waals surface area contributed by atoms with Gasteiger partial charge < -0.3 is 5.32 Å². The zero-order valence-electron chi connectivity index (χ0n) is 12.3. The molecule has 0 atom stereocenters. The Balaban J connectivity index is 2.26. The molecule has 0 saturated carbocycles. The number of halogens is 7. The predicted molar refractivity (Wildman–Crippen MR) is 89.7 cm³/mol. The third-order valence-electron chi connectivity index (χ3n) is 3.03. The number of nitrogens with one attached hydrogen (secondary N) is 2. The normalized spacial score (nSPS) is 11.2. The van der Waals surface area contributed by atoms with Gasteiger partial charge in [-0.2, -0.15) is 13.2 Å². The minimum atomic E-state index is -4.80. The first-order valence-corrected chi connectivity index (χ1v) is 8.22. The molecule has 0 unspecified atom stereocenters. The maximum Gasteiger partial charge on any atom is 0.418 e. The molecule has 2 N–H and O–H groups in total. The standard InChI is InChI=1S/C15H7Br2F5N2O2/c16-7-4-6(15(20,21)22)11(5-8(7)17)23-14(26)24-13(25)12-9(18)2-1-3-10(12)19/h1-5H,(H2,23,24,25,26). The number of benzene rings is 2. The molecule has 3 amide bonds. The Morgan fingerprint density at radius 2 is 1.50 bits per heavy atom. The van der Waals surface area contributed by atoms with Crippen molar-refractivity contribution < 1.29 is 31.5 Å². The van der Waals surface area contributed by atoms with Crippen LogP contribution < -0.4 is 10.6 Å². The largest absolute Gasteiger partial charge is 0.418 e. The van der Waals surface area contributed by atoms with Gasteiger partial charge in [0.05, 0.1) is 11.3 Å². The summed E-state index contributed by atoms with van der Waals surface area (Å²) < 4.78 is 66.5. The van der Waals surface area contributed by atoms with Gasteiger partial charge in [0.15, 0.2) is 0 Å². The molecule has 0 radical (unpaired) electrons. The van der Waals surface area contributed by atoms with Crippen LogP contribution in [0.3, 0.4) is 0 Å². The van der Waals surface area contributed by atoms with Gasteiger partial charge in [-0.1, -0.05) is 6.07 Å². The van der Waals surface area contributed by atoms with Crippen molar-refractivity contribution in [1.82, 2.24) is 5.32 Å². The molecule has 0 heterocycles. The van der Waals surface area contributed by atoms with Gasteiger partial charge in [-0.25, -0.2) is 13.6 Å². The van der Waals surface area contributed by atoms with E-state index in [0.717, 1.165) is 30.3 Å². The van der Waals surface area contributed by atoms with Crippen LogP contribution in [0.15, 0.2) is 39.3 Å². The lowest BCUT2D eigenvalue weighted by Crippen LogP contribution is -2.36. The molecule has 0 saturated heterocycles. The lowest BCUT2D eigenvalue weighted by atomic mass is 10.1. The molecule has 138 valence electrons. The highest BCUT2D eigenvalue weighted by molar-refractivity contribution is 9.13. The summed E-state index contributed by atoms with van der Waals surface area (Å²) in [4.78, 5) is 23.6. The van der Waals surface area contributed by atoms with E-state index in [-0.39, 0.29) is 8.95 Å². The van der Waals surface area contributed by atoms with E-state index in [2.05, 4.69) is 31.9 Å². The van der Waals surface area contributed by atoms with Crippen LogP contribution in [-0.2, 0) is 6.18 Å². The van der Waals surface area contributed by atoms with Crippen LogP contribution in [0.5, 0.6) is 0 Å². The number of carbonyl (C=O) groups is 2. The SMILES string of the molecule is O=C(NC(=O)c1c(F)cccc1F)Nc1cc(Br)c(Br)cc1C(F)(F)F. The predicted octanol–water partition coefficient (Wildman–Crippen LogP) is 5.47. The number of carbonyl (C=O) groups excluding carboxylic acids is 2. The molecule has 26 heavy (non-hydrogen) atoms. The van der Waals surface area contributed by atoms with E-state index < -0.39 is 46.6 Å². The molecule has 2 aromatic carbocycles. The van der Waals surface area contributed by atoms with E-state index >= 15 is 0 Å². The van der Waals surface area contributed by atoms with Crippen molar-refractivity contribution in [3.05, 3.63) is 62.0 Å². The fourth-order valence-corrected chi connectivity index (χ4v) is 2.61. The molecule has 2 rings (SSSR count). The topological polar surface area (TPSA) is 58.2 Å². The van der Waals surface area contributed by atoms with Crippen LogP contribution in [0.2, 0.25) is 0 Å². The molecule has 2 aromatic rings. The summed E-state index contributed by atoms with van der Waals surface area (Å²) in [5.41, 5.74) is -2.88. The van der Waals surface area contributed by atoms with Gasteiger partial charge >= 0.3 is 12.2 Å². The van der Waals surface area contributed by atoms with Crippen molar-refractivity contribution in [2.75, 3.05) is 5.32 Å². The van der Waals surface area contributed by atoms with E-state index in [0.29, 0.717) is 0 Å². The highest BCUT2D eigenvalue weighted by atomic mass is 79.9. The van der Waals surface area contributed by atoms with Gasteiger partial charge in [0.1, 0.15) is 17.2 Å². The van der Waals surface area contributed by atoms with Gasteiger partial charge in [0, 0.05) is 8.95 Å². The molecule has 0 bridgehead atoms. The number of amides is 3. The minimum Gasteiger partial charge on any atom is -0.307 e. The van der Waals surface area contributed by atoms with E-state index in [9.17, 15) is 31.5 Å². The first-order valence-electron chi connectivity index (χ1n) is 6.63. The van der Waals surface area contributed by atoms with Gasteiger partial charge in [-0.3, -0.25) is 10.1 Å². The summed E-state index contributed by atoms with van der Waals surface area (Å²) in [6.07, 6.45) is -4.80. The van der Waals surface area contributed by atoms with Crippen molar-refractivity contribution in [1.29, 1.82) is 0 Å². The summed E-state index contributed by atoms with van der Waals surface area (Å²) >= 11 is 5.90. The second-order valence-electron chi connectivity index (χ2n) is 4.81. The van der Waals surface area contributed by atoms with Gasteiger partial charge in [0.2, 0.25) is 0 Å². The van der Waals surface area contributed by atoms with E-state index in [1.54, 1.807) is 5.32 Å². The van der Waals surface area contributed by atoms with Crippen molar-refractivity contribution >= 4 is 49.5 Å². The van der Waals surface area contributed by atoms with Crippen molar-refractivity contribution in [2.45, 2.75) is 6.18 Å². The van der Waals surface area contributed by atoms with Crippen LogP contribution in [0.1, 0.15) is 15.9 Å². The molecule has 4 nitrogen and oxygen atoms in total. The maximum absolute atomic E-state index is 13.5. The van der Waals surface area contributed by atoms with Crippen molar-refractivity contribution in [3.8, 4) is 0 Å². The number of alkyl halides is 3. The Morgan fingerprint density at radius 3 is 2.04 bits per heavy atom. The van der Waals surface area contributed by atoms with E-state index in [1.165, 1.54) is 0 Å². The van der Waals surface area contributed by atoms with E-state index in [4.69, 9.17) is 0 Å². The zero-order chi connectivity index (χ0) is 19.6. The lowest BCUT2D eigenvalue weighted by Gasteiger charge is -2.15. The smallest absolute Gasteiger partial charge is 0.307 e. The molecule has 0 aliphatic rings. The Hall–Kier alpha value is -2.01. The van der Waals surface area contributed by atoms with Crippen LogP contribution in [0.4, 0.5) is 32.4 Å². The highest BCUT2D eigenvalue weighted by Crippen LogP contribution is 2.39. The molecule has 0 fully saturated rings. The number of anilines is 1. The van der Waals surface area contributed by atoms with Crippen molar-refractivity contribution in [2.24, 2.45) is 0 Å².